The maximum Gasteiger partial charge on any atom is 0.354 e. The van der Waals surface area contributed by atoms with Crippen LogP contribution in [0, 0.1) is 11.8 Å². The molecule has 0 saturated carbocycles. The number of aromatic nitrogens is 1. The van der Waals surface area contributed by atoms with Crippen molar-refractivity contribution in [1.82, 2.24) is 10.3 Å². The zero-order valence-electron chi connectivity index (χ0n) is 36.6. The van der Waals surface area contributed by atoms with Gasteiger partial charge in [0.25, 0.3) is 11.4 Å². The SMILES string of the molecule is CCC1=CC(C2C=C(Cc3ccc[nH]3)C3(Oc4cc5oc(-c6cc(O)c(O)c(CCO)c6)cc(=O)c5c(O)c42)OC2(CC#CC4(C(=O)O)OC(OC2=O)C(O)C(O)C4(O)O)C(O)C(O)C3O)=CNC1N. The summed E-state index contributed by atoms with van der Waals surface area (Å²) in [6.07, 6.45) is -11.1. The van der Waals surface area contributed by atoms with Crippen molar-refractivity contribution in [1.29, 1.82) is 0 Å². The number of carbonyl (C=O) groups is 2. The van der Waals surface area contributed by atoms with E-state index in [4.69, 9.17) is 29.1 Å². The van der Waals surface area contributed by atoms with Gasteiger partial charge in [-0.15, -0.1) is 0 Å². The highest BCUT2D eigenvalue weighted by molar-refractivity contribution is 5.90. The van der Waals surface area contributed by atoms with Crippen molar-refractivity contribution in [3.8, 4) is 46.2 Å². The first-order chi connectivity index (χ1) is 33.1. The number of aliphatic hydroxyl groups excluding tert-OH is 6. The lowest BCUT2D eigenvalue weighted by Crippen LogP contribution is -2.76. The number of esters is 1. The highest BCUT2D eigenvalue weighted by atomic mass is 16.8. The molecular weight excluding hydrogens is 927 g/mol. The van der Waals surface area contributed by atoms with Crippen LogP contribution in [0.15, 0.2) is 86.9 Å². The Morgan fingerprint density at radius 3 is 2.43 bits per heavy atom. The number of dihydropyridines is 1. The number of carboxylic acid groups (broad SMARTS) is 1. The monoisotopic (exact) mass is 973 g/mol. The minimum absolute atomic E-state index is 0.0460. The molecule has 2 fully saturated rings. The number of H-pyrrole nitrogens is 1. The first kappa shape index (κ1) is 48.2. The molecule has 0 radical (unpaired) electrons. The molecule has 9 rings (SSSR count). The highest BCUT2D eigenvalue weighted by Gasteiger charge is 2.72. The predicted octanol–water partition coefficient (Wildman–Crippen LogP) is -1.73. The summed E-state index contributed by atoms with van der Waals surface area (Å²) in [5, 5.41) is 136. The molecule has 0 aliphatic carbocycles. The number of nitrogens with one attached hydrogen (secondary N) is 2. The van der Waals surface area contributed by atoms with Gasteiger partial charge in [-0.2, -0.15) is 0 Å². The third kappa shape index (κ3) is 7.23. The van der Waals surface area contributed by atoms with Crippen molar-refractivity contribution in [2.24, 2.45) is 5.73 Å². The molecule has 4 aromatic rings. The molecule has 5 aliphatic rings. The molecule has 5 aliphatic heterocycles. The third-order valence-electron chi connectivity index (χ3n) is 13.4. The number of aromatic hydroxyl groups is 3. The predicted molar refractivity (Wildman–Crippen MR) is 235 cm³/mol. The second-order valence-corrected chi connectivity index (χ2v) is 17.5. The fourth-order valence-electron chi connectivity index (χ4n) is 9.53. The largest absolute Gasteiger partial charge is 0.507 e. The number of phenols is 3. The third-order valence-corrected chi connectivity index (χ3v) is 13.4. The van der Waals surface area contributed by atoms with Crippen LogP contribution in [-0.2, 0) is 36.6 Å². The van der Waals surface area contributed by atoms with Crippen LogP contribution in [0.25, 0.3) is 22.3 Å². The maximum absolute atomic E-state index is 14.7. The van der Waals surface area contributed by atoms with Crippen molar-refractivity contribution in [3.63, 3.8) is 0 Å². The number of aromatic amines is 1. The van der Waals surface area contributed by atoms with Crippen LogP contribution in [0.5, 0.6) is 23.0 Å². The number of carboxylic acids is 1. The lowest BCUT2D eigenvalue weighted by Gasteiger charge is -2.53. The molecule has 2 aromatic heterocycles. The number of rotatable bonds is 8. The summed E-state index contributed by atoms with van der Waals surface area (Å²) in [6.45, 7) is 1.41. The van der Waals surface area contributed by atoms with E-state index in [1.165, 1.54) is 18.3 Å². The van der Waals surface area contributed by atoms with Gasteiger partial charge >= 0.3 is 11.9 Å². The molecule has 2 spiro atoms. The standard InChI is InChI=1S/C47H47N3O20/c1-2-19-11-22(18-50-40(19)48)25-15-23(14-24-5-3-9-49-24)46(68-30-17-29-32(34(55)31(25)30)26(52)16-28(66-29)21-12-20(6-10-51)33(54)27(53)13-21)38(59)35(56)37(58)44(70-46)7-4-8-45(42(61)62)47(64,65)39(60)36(57)41(69-45)67-43(44)63/h3,5,9,11-13,15-18,25,35-41,49-51,53-60,64-65H,2,6-7,10,14,48H2,1H3,(H,61,62). The molecule has 7 heterocycles. The minimum atomic E-state index is -3.87. The van der Waals surface area contributed by atoms with Crippen LogP contribution in [0.4, 0.5) is 0 Å². The summed E-state index contributed by atoms with van der Waals surface area (Å²) >= 11 is 0. The minimum Gasteiger partial charge on any atom is -0.507 e. The topological polar surface area (TPSA) is 398 Å². The zero-order valence-corrected chi connectivity index (χ0v) is 36.6. The van der Waals surface area contributed by atoms with Crippen molar-refractivity contribution in [2.45, 2.75) is 104 Å². The number of aliphatic carboxylic acids is 1. The Hall–Kier alpha value is -6.79. The Labute approximate surface area is 394 Å². The van der Waals surface area contributed by atoms with E-state index in [-0.39, 0.29) is 46.4 Å². The number of phenolic OH excluding ortho intramolecular Hbond substituents is 3. The van der Waals surface area contributed by atoms with E-state index in [0.29, 0.717) is 23.3 Å². The maximum atomic E-state index is 14.7. The number of fused-ring (bicyclic) bond motifs is 4. The second-order valence-electron chi connectivity index (χ2n) is 17.5. The smallest absolute Gasteiger partial charge is 0.354 e. The Kier molecular flexibility index (Phi) is 11.9. The van der Waals surface area contributed by atoms with Crippen LogP contribution in [0.1, 0.15) is 42.5 Å². The Morgan fingerprint density at radius 2 is 1.74 bits per heavy atom. The first-order valence-electron chi connectivity index (χ1n) is 21.8. The zero-order chi connectivity index (χ0) is 50.4. The number of aliphatic hydroxyl groups is 8. The molecule has 370 valence electrons. The lowest BCUT2D eigenvalue weighted by atomic mass is 9.77. The van der Waals surface area contributed by atoms with Crippen molar-refractivity contribution in [3.05, 3.63) is 105 Å². The summed E-state index contributed by atoms with van der Waals surface area (Å²) in [5.41, 5.74) is -0.251. The van der Waals surface area contributed by atoms with Gasteiger partial charge in [-0.05, 0) is 54.2 Å². The van der Waals surface area contributed by atoms with Crippen LogP contribution in [0.2, 0.25) is 0 Å². The number of ether oxygens (including phenoxy) is 4. The summed E-state index contributed by atoms with van der Waals surface area (Å²) in [5.74, 6) is -10.4. The molecule has 16 N–H and O–H groups in total. The van der Waals surface area contributed by atoms with Crippen molar-refractivity contribution < 1.29 is 94.2 Å². The number of allylic oxidation sites excluding steroid dienone is 3. The van der Waals surface area contributed by atoms with E-state index < -0.39 is 130 Å². The Balaban J connectivity index is 1.31. The van der Waals surface area contributed by atoms with Gasteiger partial charge in [0.05, 0.1) is 12.6 Å². The van der Waals surface area contributed by atoms with Crippen LogP contribution >= 0.6 is 0 Å². The van der Waals surface area contributed by atoms with Gasteiger partial charge in [0.15, 0.2) is 23.0 Å². The molecule has 11 unspecified atom stereocenters. The molecule has 2 saturated heterocycles. The first-order valence-corrected chi connectivity index (χ1v) is 21.8. The van der Waals surface area contributed by atoms with Gasteiger partial charge in [0.1, 0.15) is 52.6 Å². The molecule has 70 heavy (non-hydrogen) atoms. The lowest BCUT2D eigenvalue weighted by molar-refractivity contribution is -0.394. The van der Waals surface area contributed by atoms with Crippen LogP contribution in [-0.4, -0.2) is 151 Å². The molecule has 0 amide bonds. The number of hydrogen-bond acceptors (Lipinski definition) is 21. The molecule has 11 atom stereocenters. The summed E-state index contributed by atoms with van der Waals surface area (Å²) < 4.78 is 30.1. The molecule has 2 aromatic carbocycles. The molecule has 2 bridgehead atoms. The highest BCUT2D eigenvalue weighted by Crippen LogP contribution is 2.54. The van der Waals surface area contributed by atoms with Crippen LogP contribution in [0.3, 0.4) is 0 Å². The Bertz CT molecular complexity index is 3020. The molecule has 23 heteroatoms. The van der Waals surface area contributed by atoms with Crippen molar-refractivity contribution >= 4 is 22.9 Å². The van der Waals surface area contributed by atoms with Gasteiger partial charge in [-0.1, -0.05) is 25.0 Å². The molecule has 23 nitrogen and oxygen atoms in total. The number of nitrogens with two attached hydrogens (primary N) is 1. The van der Waals surface area contributed by atoms with Gasteiger partial charge in [-0.3, -0.25) is 4.79 Å². The average molecular weight is 974 g/mol. The van der Waals surface area contributed by atoms with Gasteiger partial charge in [0, 0.05) is 71.4 Å². The normalized spacial score (nSPS) is 32.3. The fourth-order valence-corrected chi connectivity index (χ4v) is 9.53. The number of benzene rings is 2. The number of carbonyl (C=O) groups excluding carboxylic acids is 1. The van der Waals surface area contributed by atoms with Gasteiger partial charge in [0.2, 0.25) is 17.7 Å². The summed E-state index contributed by atoms with van der Waals surface area (Å²) in [7, 11) is 0. The van der Waals surface area contributed by atoms with E-state index in [1.807, 2.05) is 12.8 Å². The van der Waals surface area contributed by atoms with E-state index in [1.54, 1.807) is 24.4 Å². The summed E-state index contributed by atoms with van der Waals surface area (Å²) in [4.78, 5) is 44.7. The fraction of sp³-hybridized carbons (Fsp3) is 0.383. The molecular formula is C47H47N3O20. The number of hydrogen-bond donors (Lipinski definition) is 15. The quantitative estimate of drug-likeness (QED) is 0.0307. The van der Waals surface area contributed by atoms with E-state index in [0.717, 1.165) is 18.2 Å². The summed E-state index contributed by atoms with van der Waals surface area (Å²) in [6, 6.07) is 7.81. The Morgan fingerprint density at radius 1 is 0.986 bits per heavy atom. The van der Waals surface area contributed by atoms with Gasteiger partial charge < -0.3 is 101 Å². The van der Waals surface area contributed by atoms with E-state index >= 15 is 0 Å². The second kappa shape index (κ2) is 17.3. The van der Waals surface area contributed by atoms with Gasteiger partial charge in [-0.25, -0.2) is 9.59 Å². The van der Waals surface area contributed by atoms with Crippen molar-refractivity contribution in [2.75, 3.05) is 6.61 Å². The van der Waals surface area contributed by atoms with Crippen LogP contribution < -0.4 is 21.2 Å². The van der Waals surface area contributed by atoms with E-state index in [9.17, 15) is 75.7 Å². The average Bonchev–Trinajstić information content (AvgIpc) is 3.81. The van der Waals surface area contributed by atoms with E-state index in [2.05, 4.69) is 16.2 Å².